The first-order chi connectivity index (χ1) is 8.56. The third-order valence-electron chi connectivity index (χ3n) is 2.35. The van der Waals surface area contributed by atoms with Crippen molar-refractivity contribution < 1.29 is 14.3 Å². The van der Waals surface area contributed by atoms with Crippen LogP contribution in [0.1, 0.15) is 20.3 Å². The summed E-state index contributed by atoms with van der Waals surface area (Å²) in [5.41, 5.74) is 0.895. The van der Waals surface area contributed by atoms with Crippen LogP contribution >= 0.6 is 15.9 Å². The number of rotatable bonds is 6. The van der Waals surface area contributed by atoms with E-state index < -0.39 is 0 Å². The van der Waals surface area contributed by atoms with Crippen molar-refractivity contribution >= 4 is 27.6 Å². The quantitative estimate of drug-likeness (QED) is 0.819. The Bertz CT molecular complexity index is 409. The molecule has 0 fully saturated rings. The third kappa shape index (κ3) is 4.56. The maximum absolute atomic E-state index is 11.4. The van der Waals surface area contributed by atoms with Crippen LogP contribution in [0, 0.1) is 0 Å². The molecule has 0 aliphatic carbocycles. The first-order valence-corrected chi connectivity index (χ1v) is 6.61. The average molecular weight is 316 g/mol. The summed E-state index contributed by atoms with van der Waals surface area (Å²) >= 11 is 3.45. The molecule has 1 N–H and O–H groups in total. The smallest absolute Gasteiger partial charge is 0.307 e. The number of anilines is 1. The molecule has 4 nitrogen and oxygen atoms in total. The SMILES string of the molecule is CCOC(=O)CC(C)Nc1cc(OC)ccc1Br. The molecule has 0 heterocycles. The first-order valence-electron chi connectivity index (χ1n) is 5.82. The minimum atomic E-state index is -0.198. The number of benzene rings is 1. The number of halogens is 1. The number of hydrogen-bond donors (Lipinski definition) is 1. The lowest BCUT2D eigenvalue weighted by atomic mass is 10.2. The summed E-state index contributed by atoms with van der Waals surface area (Å²) in [6, 6.07) is 5.64. The highest BCUT2D eigenvalue weighted by Gasteiger charge is 2.11. The van der Waals surface area contributed by atoms with E-state index in [1.165, 1.54) is 0 Å². The van der Waals surface area contributed by atoms with E-state index in [1.807, 2.05) is 25.1 Å². The lowest BCUT2D eigenvalue weighted by Gasteiger charge is -2.16. The number of hydrogen-bond acceptors (Lipinski definition) is 4. The van der Waals surface area contributed by atoms with Crippen LogP contribution in [0.3, 0.4) is 0 Å². The van der Waals surface area contributed by atoms with Crippen LogP contribution in [0.25, 0.3) is 0 Å². The zero-order valence-electron chi connectivity index (χ0n) is 10.8. The summed E-state index contributed by atoms with van der Waals surface area (Å²) < 4.78 is 11.0. The molecular weight excluding hydrogens is 298 g/mol. The first kappa shape index (κ1) is 14.8. The molecule has 0 saturated carbocycles. The predicted molar refractivity (Wildman–Crippen MR) is 75.0 cm³/mol. The molecule has 0 aliphatic heterocycles. The van der Waals surface area contributed by atoms with Gasteiger partial charge in [0.05, 0.1) is 25.8 Å². The van der Waals surface area contributed by atoms with E-state index in [2.05, 4.69) is 21.2 Å². The third-order valence-corrected chi connectivity index (χ3v) is 3.05. The molecule has 1 aromatic carbocycles. The Morgan fingerprint density at radius 2 is 2.22 bits per heavy atom. The topological polar surface area (TPSA) is 47.6 Å². The number of ether oxygens (including phenoxy) is 2. The van der Waals surface area contributed by atoms with Gasteiger partial charge in [0.2, 0.25) is 0 Å². The molecule has 1 unspecified atom stereocenters. The van der Waals surface area contributed by atoms with Gasteiger partial charge < -0.3 is 14.8 Å². The normalized spacial score (nSPS) is 11.8. The van der Waals surface area contributed by atoms with Crippen LogP contribution < -0.4 is 10.1 Å². The minimum Gasteiger partial charge on any atom is -0.497 e. The fraction of sp³-hybridized carbons (Fsp3) is 0.462. The second kappa shape index (κ2) is 7.26. The standard InChI is InChI=1S/C13H18BrNO3/c1-4-18-13(16)7-9(2)15-12-8-10(17-3)5-6-11(12)14/h5-6,8-9,15H,4,7H2,1-3H3. The highest BCUT2D eigenvalue weighted by Crippen LogP contribution is 2.27. The van der Waals surface area contributed by atoms with Gasteiger partial charge in [-0.1, -0.05) is 0 Å². The zero-order valence-corrected chi connectivity index (χ0v) is 12.4. The van der Waals surface area contributed by atoms with Crippen LogP contribution in [-0.2, 0) is 9.53 Å². The minimum absolute atomic E-state index is 0.00699. The van der Waals surface area contributed by atoms with Crippen LogP contribution in [0.15, 0.2) is 22.7 Å². The molecule has 5 heteroatoms. The van der Waals surface area contributed by atoms with Gasteiger partial charge in [-0.25, -0.2) is 0 Å². The summed E-state index contributed by atoms with van der Waals surface area (Å²) in [6.07, 6.45) is 0.331. The van der Waals surface area contributed by atoms with Crippen LogP contribution in [-0.4, -0.2) is 25.7 Å². The van der Waals surface area contributed by atoms with Crippen LogP contribution in [0.5, 0.6) is 5.75 Å². The van der Waals surface area contributed by atoms with E-state index in [4.69, 9.17) is 9.47 Å². The van der Waals surface area contributed by atoms with Gasteiger partial charge in [0.1, 0.15) is 5.75 Å². The molecule has 0 saturated heterocycles. The fourth-order valence-electron chi connectivity index (χ4n) is 1.53. The van der Waals surface area contributed by atoms with E-state index >= 15 is 0 Å². The second-order valence-electron chi connectivity index (χ2n) is 3.90. The number of carbonyl (C=O) groups is 1. The fourth-order valence-corrected chi connectivity index (χ4v) is 1.89. The lowest BCUT2D eigenvalue weighted by molar-refractivity contribution is -0.143. The molecule has 1 aromatic rings. The Balaban J connectivity index is 2.63. The van der Waals surface area contributed by atoms with Crippen LogP contribution in [0.4, 0.5) is 5.69 Å². The van der Waals surface area contributed by atoms with Gasteiger partial charge in [0.15, 0.2) is 0 Å². The lowest BCUT2D eigenvalue weighted by Crippen LogP contribution is -2.21. The van der Waals surface area contributed by atoms with Gasteiger partial charge in [-0.05, 0) is 41.9 Å². The Kier molecular flexibility index (Phi) is 5.98. The molecule has 0 amide bonds. The Labute approximate surface area is 116 Å². The highest BCUT2D eigenvalue weighted by atomic mass is 79.9. The summed E-state index contributed by atoms with van der Waals surface area (Å²) in [6.45, 7) is 4.14. The monoisotopic (exact) mass is 315 g/mol. The number of nitrogens with one attached hydrogen (secondary N) is 1. The van der Waals surface area contributed by atoms with E-state index in [1.54, 1.807) is 14.0 Å². The zero-order chi connectivity index (χ0) is 13.5. The van der Waals surface area contributed by atoms with Crippen molar-refractivity contribution in [3.63, 3.8) is 0 Å². The maximum Gasteiger partial charge on any atom is 0.307 e. The predicted octanol–water partition coefficient (Wildman–Crippen LogP) is 3.21. The Morgan fingerprint density at radius 3 is 2.83 bits per heavy atom. The molecule has 0 spiro atoms. The average Bonchev–Trinajstić information content (AvgIpc) is 2.32. The van der Waals surface area contributed by atoms with E-state index in [-0.39, 0.29) is 12.0 Å². The number of esters is 1. The Hall–Kier alpha value is -1.23. The van der Waals surface area contributed by atoms with Gasteiger partial charge in [0, 0.05) is 16.6 Å². The summed E-state index contributed by atoms with van der Waals surface area (Å²) in [4.78, 5) is 11.4. The molecule has 100 valence electrons. The Morgan fingerprint density at radius 1 is 1.50 bits per heavy atom. The molecule has 0 aliphatic rings. The summed E-state index contributed by atoms with van der Waals surface area (Å²) in [5, 5.41) is 3.25. The van der Waals surface area contributed by atoms with Crippen LogP contribution in [0.2, 0.25) is 0 Å². The molecule has 0 radical (unpaired) electrons. The van der Waals surface area contributed by atoms with Gasteiger partial charge in [-0.15, -0.1) is 0 Å². The van der Waals surface area contributed by atoms with E-state index in [9.17, 15) is 4.79 Å². The molecular formula is C13H18BrNO3. The van der Waals surface area contributed by atoms with Gasteiger partial charge >= 0.3 is 5.97 Å². The molecule has 18 heavy (non-hydrogen) atoms. The van der Waals surface area contributed by atoms with Crippen molar-refractivity contribution in [2.45, 2.75) is 26.3 Å². The van der Waals surface area contributed by atoms with Gasteiger partial charge in [-0.2, -0.15) is 0 Å². The number of carbonyl (C=O) groups excluding carboxylic acids is 1. The van der Waals surface area contributed by atoms with Crippen molar-refractivity contribution in [1.82, 2.24) is 0 Å². The van der Waals surface area contributed by atoms with Crippen molar-refractivity contribution in [3.05, 3.63) is 22.7 Å². The molecule has 1 atom stereocenters. The largest absolute Gasteiger partial charge is 0.497 e. The van der Waals surface area contributed by atoms with Gasteiger partial charge in [-0.3, -0.25) is 4.79 Å². The second-order valence-corrected chi connectivity index (χ2v) is 4.75. The van der Waals surface area contributed by atoms with Crippen molar-refractivity contribution in [2.75, 3.05) is 19.0 Å². The van der Waals surface area contributed by atoms with Crippen molar-refractivity contribution in [3.8, 4) is 5.75 Å². The highest BCUT2D eigenvalue weighted by molar-refractivity contribution is 9.10. The molecule has 0 aromatic heterocycles. The summed E-state index contributed by atoms with van der Waals surface area (Å²) in [5.74, 6) is 0.570. The number of methoxy groups -OCH3 is 1. The van der Waals surface area contributed by atoms with Crippen molar-refractivity contribution in [1.29, 1.82) is 0 Å². The maximum atomic E-state index is 11.4. The van der Waals surface area contributed by atoms with Gasteiger partial charge in [0.25, 0.3) is 0 Å². The molecule has 1 rings (SSSR count). The van der Waals surface area contributed by atoms with E-state index in [0.717, 1.165) is 15.9 Å². The van der Waals surface area contributed by atoms with Crippen molar-refractivity contribution in [2.24, 2.45) is 0 Å². The molecule has 0 bridgehead atoms. The summed E-state index contributed by atoms with van der Waals surface area (Å²) in [7, 11) is 1.62. The van der Waals surface area contributed by atoms with E-state index in [0.29, 0.717) is 13.0 Å².